The minimum absolute atomic E-state index is 0.0628. The minimum atomic E-state index is -0.465. The molecule has 1 amide bonds. The van der Waals surface area contributed by atoms with E-state index in [1.807, 2.05) is 19.1 Å². The predicted octanol–water partition coefficient (Wildman–Crippen LogP) is 5.29. The Morgan fingerprint density at radius 2 is 2.00 bits per heavy atom. The van der Waals surface area contributed by atoms with Crippen LogP contribution in [0.15, 0.2) is 54.4 Å². The molecule has 3 rings (SSSR count). The summed E-state index contributed by atoms with van der Waals surface area (Å²) in [4.78, 5) is 13.9. The van der Waals surface area contributed by atoms with Gasteiger partial charge < -0.3 is 19.7 Å². The van der Waals surface area contributed by atoms with Crippen molar-refractivity contribution in [2.75, 3.05) is 24.6 Å². The van der Waals surface area contributed by atoms with E-state index in [0.717, 1.165) is 11.4 Å². The molecule has 0 spiro atoms. The summed E-state index contributed by atoms with van der Waals surface area (Å²) in [6.45, 7) is 2.03. The molecule has 1 heterocycles. The number of likely N-dealkylation sites (N-methyl/N-ethyl adjacent to an activating group) is 1. The van der Waals surface area contributed by atoms with E-state index in [9.17, 15) is 9.18 Å². The van der Waals surface area contributed by atoms with Crippen molar-refractivity contribution in [3.63, 3.8) is 0 Å². The van der Waals surface area contributed by atoms with Crippen LogP contribution in [0.2, 0.25) is 5.02 Å². The number of hydrogen-bond donors (Lipinski definition) is 3. The van der Waals surface area contributed by atoms with Crippen LogP contribution in [0.3, 0.4) is 0 Å². The molecule has 3 N–H and O–H groups in total. The highest BCUT2D eigenvalue weighted by atomic mass is 35.5. The lowest BCUT2D eigenvalue weighted by Crippen LogP contribution is -2.33. The Morgan fingerprint density at radius 3 is 2.68 bits per heavy atom. The van der Waals surface area contributed by atoms with Crippen LogP contribution in [0, 0.1) is 11.2 Å². The first-order valence-electron chi connectivity index (χ1n) is 9.46. The molecule has 0 saturated carbocycles. The number of ether oxygens (including phenoxy) is 1. The van der Waals surface area contributed by atoms with E-state index in [4.69, 9.17) is 21.7 Å². The van der Waals surface area contributed by atoms with Crippen LogP contribution in [0.1, 0.15) is 12.5 Å². The first kappa shape index (κ1) is 22.7. The zero-order chi connectivity index (χ0) is 22.5. The maximum Gasteiger partial charge on any atom is 0.261 e. The second-order valence-corrected chi connectivity index (χ2v) is 8.08. The number of rotatable bonds is 7. The smallest absolute Gasteiger partial charge is 0.261 e. The van der Waals surface area contributed by atoms with Crippen LogP contribution < -0.4 is 14.8 Å². The van der Waals surface area contributed by atoms with E-state index in [1.165, 1.54) is 41.2 Å². The second kappa shape index (κ2) is 9.89. The lowest BCUT2D eigenvalue weighted by molar-refractivity contribution is -0.123. The molecule has 31 heavy (non-hydrogen) atoms. The van der Waals surface area contributed by atoms with E-state index in [2.05, 4.69) is 10.0 Å². The Kier molecular flexibility index (Phi) is 7.25. The Bertz CT molecular complexity index is 1090. The van der Waals surface area contributed by atoms with Gasteiger partial charge in [0, 0.05) is 49.1 Å². The first-order chi connectivity index (χ1) is 14.8. The van der Waals surface area contributed by atoms with E-state index in [1.54, 1.807) is 26.4 Å². The Morgan fingerprint density at radius 1 is 1.26 bits per heavy atom. The molecule has 0 radical (unpaired) electrons. The standard InChI is InChI=1S/C22H22ClFN4O2S/c1-4-31-27-14-6-8-19(30-20-7-5-13(24)9-18(20)23)15(10-14)17-12-28(3)22(29)16(11-26-2)21(17)25/h5-12,25-27H,4H2,1-3H3/b16-11+,25-21?. The summed E-state index contributed by atoms with van der Waals surface area (Å²) in [5, 5.41) is 11.6. The average molecular weight is 461 g/mol. The molecule has 2 aromatic carbocycles. The Hall–Kier alpha value is -2.97. The maximum absolute atomic E-state index is 13.4. The van der Waals surface area contributed by atoms with Crippen molar-refractivity contribution < 1.29 is 13.9 Å². The fourth-order valence-corrected chi connectivity index (χ4v) is 3.61. The lowest BCUT2D eigenvalue weighted by Gasteiger charge is -2.26. The number of carbonyl (C=O) groups is 1. The van der Waals surface area contributed by atoms with E-state index >= 15 is 0 Å². The van der Waals surface area contributed by atoms with Gasteiger partial charge in [-0.15, -0.1) is 0 Å². The van der Waals surface area contributed by atoms with Crippen LogP contribution in [0.5, 0.6) is 11.5 Å². The second-order valence-electron chi connectivity index (χ2n) is 6.60. The highest BCUT2D eigenvalue weighted by molar-refractivity contribution is 8.00. The third-order valence-corrected chi connectivity index (χ3v) is 5.38. The summed E-state index contributed by atoms with van der Waals surface area (Å²) in [7, 11) is 3.30. The van der Waals surface area contributed by atoms with Gasteiger partial charge in [0.15, 0.2) is 0 Å². The minimum Gasteiger partial charge on any atom is -0.455 e. The molecule has 162 valence electrons. The van der Waals surface area contributed by atoms with Crippen molar-refractivity contribution in [3.8, 4) is 11.5 Å². The van der Waals surface area contributed by atoms with Gasteiger partial charge in [0.05, 0.1) is 16.3 Å². The SMILES string of the molecule is CCSNc1ccc(Oc2ccc(F)cc2Cl)c(C2=CN(C)C(=O)/C(=C/NC)C2=N)c1. The van der Waals surface area contributed by atoms with E-state index < -0.39 is 5.82 Å². The van der Waals surface area contributed by atoms with Crippen molar-refractivity contribution in [1.82, 2.24) is 10.2 Å². The molecule has 0 unspecified atom stereocenters. The van der Waals surface area contributed by atoms with Gasteiger partial charge in [0.25, 0.3) is 5.91 Å². The van der Waals surface area contributed by atoms with Gasteiger partial charge in [-0.2, -0.15) is 0 Å². The largest absolute Gasteiger partial charge is 0.455 e. The number of carbonyl (C=O) groups excluding carboxylic acids is 1. The third-order valence-electron chi connectivity index (χ3n) is 4.42. The number of nitrogens with one attached hydrogen (secondary N) is 3. The van der Waals surface area contributed by atoms with E-state index in [0.29, 0.717) is 16.9 Å². The molecule has 9 heteroatoms. The van der Waals surface area contributed by atoms with E-state index in [-0.39, 0.29) is 28.0 Å². The summed E-state index contributed by atoms with van der Waals surface area (Å²) in [5.74, 6) is 0.814. The maximum atomic E-state index is 13.4. The summed E-state index contributed by atoms with van der Waals surface area (Å²) in [5.41, 5.74) is 2.20. The lowest BCUT2D eigenvalue weighted by atomic mass is 9.92. The molecule has 1 aliphatic heterocycles. The molecule has 0 atom stereocenters. The zero-order valence-electron chi connectivity index (χ0n) is 17.3. The highest BCUT2D eigenvalue weighted by Crippen LogP contribution is 2.38. The monoisotopic (exact) mass is 460 g/mol. The summed E-state index contributed by atoms with van der Waals surface area (Å²) in [6, 6.07) is 9.31. The fourth-order valence-electron chi connectivity index (χ4n) is 2.97. The van der Waals surface area contributed by atoms with Crippen molar-refractivity contribution in [3.05, 3.63) is 70.8 Å². The van der Waals surface area contributed by atoms with Crippen molar-refractivity contribution in [2.24, 2.45) is 0 Å². The summed E-state index contributed by atoms with van der Waals surface area (Å²) in [6.07, 6.45) is 3.10. The number of allylic oxidation sites excluding steroid dienone is 1. The summed E-state index contributed by atoms with van der Waals surface area (Å²) < 4.78 is 22.7. The Labute approximate surface area is 189 Å². The van der Waals surface area contributed by atoms with Crippen LogP contribution in [-0.4, -0.2) is 36.4 Å². The normalized spacial score (nSPS) is 15.2. The van der Waals surface area contributed by atoms with Crippen LogP contribution in [0.25, 0.3) is 5.57 Å². The van der Waals surface area contributed by atoms with Crippen molar-refractivity contribution in [2.45, 2.75) is 6.92 Å². The number of nitrogens with zero attached hydrogens (tertiary/aromatic N) is 1. The molecule has 2 aromatic rings. The molecule has 0 fully saturated rings. The zero-order valence-corrected chi connectivity index (χ0v) is 18.8. The molecule has 0 bridgehead atoms. The topological polar surface area (TPSA) is 77.5 Å². The van der Waals surface area contributed by atoms with Gasteiger partial charge in [-0.1, -0.05) is 30.5 Å². The van der Waals surface area contributed by atoms with Gasteiger partial charge in [0.2, 0.25) is 0 Å². The number of anilines is 1. The number of hydrogen-bond acceptors (Lipinski definition) is 6. The van der Waals surface area contributed by atoms with Crippen LogP contribution in [0.4, 0.5) is 10.1 Å². The molecule has 6 nitrogen and oxygen atoms in total. The molecular weight excluding hydrogens is 439 g/mol. The van der Waals surface area contributed by atoms with Gasteiger partial charge in [-0.25, -0.2) is 4.39 Å². The number of halogens is 2. The molecule has 0 aliphatic carbocycles. The first-order valence-corrected chi connectivity index (χ1v) is 10.8. The number of benzene rings is 2. The van der Waals surface area contributed by atoms with Gasteiger partial charge in [-0.05, 0) is 36.4 Å². The van der Waals surface area contributed by atoms with Gasteiger partial charge in [-0.3, -0.25) is 10.2 Å². The van der Waals surface area contributed by atoms with Gasteiger partial charge >= 0.3 is 0 Å². The molecule has 1 aliphatic rings. The van der Waals surface area contributed by atoms with Crippen molar-refractivity contribution in [1.29, 1.82) is 5.41 Å². The van der Waals surface area contributed by atoms with Gasteiger partial charge in [0.1, 0.15) is 17.3 Å². The Balaban J connectivity index is 2.11. The average Bonchev–Trinajstić information content (AvgIpc) is 2.75. The highest BCUT2D eigenvalue weighted by Gasteiger charge is 2.29. The van der Waals surface area contributed by atoms with Crippen molar-refractivity contribution >= 4 is 46.4 Å². The quantitative estimate of drug-likeness (QED) is 0.386. The predicted molar refractivity (Wildman–Crippen MR) is 125 cm³/mol. The summed E-state index contributed by atoms with van der Waals surface area (Å²) >= 11 is 7.67. The fraction of sp³-hybridized carbons (Fsp3) is 0.182. The van der Waals surface area contributed by atoms with Crippen LogP contribution >= 0.6 is 23.5 Å². The molecule has 0 aromatic heterocycles. The molecule has 0 saturated heterocycles. The number of amides is 1. The third kappa shape index (κ3) is 5.03. The van der Waals surface area contributed by atoms with Crippen LogP contribution in [-0.2, 0) is 4.79 Å². The molecular formula is C22H22ClFN4O2S.